The van der Waals surface area contributed by atoms with Crippen LogP contribution in [0, 0.1) is 0 Å². The van der Waals surface area contributed by atoms with Gasteiger partial charge in [-0.25, -0.2) is 0 Å². The topological polar surface area (TPSA) is 60.9 Å². The Bertz CT molecular complexity index is 324. The SMILES string of the molecule is O=C(O)CCN1CCN(C(=O)C2CCCCS2)CC1. The summed E-state index contributed by atoms with van der Waals surface area (Å²) >= 11 is 1.80. The number of rotatable bonds is 4. The minimum atomic E-state index is -0.753. The molecule has 0 radical (unpaired) electrons. The van der Waals surface area contributed by atoms with Crippen molar-refractivity contribution in [1.82, 2.24) is 9.80 Å². The van der Waals surface area contributed by atoms with Crippen molar-refractivity contribution in [1.29, 1.82) is 0 Å². The Morgan fingerprint density at radius 3 is 2.47 bits per heavy atom. The summed E-state index contributed by atoms with van der Waals surface area (Å²) < 4.78 is 0. The Labute approximate surface area is 118 Å². The zero-order valence-corrected chi connectivity index (χ0v) is 12.0. The predicted octanol–water partition coefficient (Wildman–Crippen LogP) is 0.891. The van der Waals surface area contributed by atoms with Crippen LogP contribution in [0.25, 0.3) is 0 Å². The molecular weight excluding hydrogens is 264 g/mol. The molecule has 0 aromatic heterocycles. The third-order valence-electron chi connectivity index (χ3n) is 3.78. The van der Waals surface area contributed by atoms with Gasteiger partial charge in [0.15, 0.2) is 0 Å². The van der Waals surface area contributed by atoms with Gasteiger partial charge in [0.2, 0.25) is 5.91 Å². The van der Waals surface area contributed by atoms with Crippen molar-refractivity contribution >= 4 is 23.6 Å². The van der Waals surface area contributed by atoms with E-state index in [-0.39, 0.29) is 11.7 Å². The van der Waals surface area contributed by atoms with Crippen LogP contribution in [0.4, 0.5) is 0 Å². The van der Waals surface area contributed by atoms with Gasteiger partial charge < -0.3 is 10.0 Å². The van der Waals surface area contributed by atoms with Gasteiger partial charge in [-0.1, -0.05) is 6.42 Å². The van der Waals surface area contributed by atoms with Gasteiger partial charge in [0.05, 0.1) is 11.7 Å². The molecule has 2 rings (SSSR count). The number of nitrogens with zero attached hydrogens (tertiary/aromatic N) is 2. The molecule has 0 aliphatic carbocycles. The van der Waals surface area contributed by atoms with E-state index in [9.17, 15) is 9.59 Å². The highest BCUT2D eigenvalue weighted by molar-refractivity contribution is 8.00. The van der Waals surface area contributed by atoms with Gasteiger partial charge >= 0.3 is 5.97 Å². The number of carbonyl (C=O) groups is 2. The highest BCUT2D eigenvalue weighted by Gasteiger charge is 2.28. The average molecular weight is 286 g/mol. The first-order chi connectivity index (χ1) is 9.16. The van der Waals surface area contributed by atoms with Crippen molar-refractivity contribution in [3.05, 3.63) is 0 Å². The molecule has 2 aliphatic heterocycles. The predicted molar refractivity (Wildman–Crippen MR) is 75.4 cm³/mol. The second-order valence-corrected chi connectivity index (χ2v) is 6.48. The average Bonchev–Trinajstić information content (AvgIpc) is 2.46. The standard InChI is InChI=1S/C13H22N2O3S/c16-12(17)4-5-14-6-8-15(9-7-14)13(18)11-3-1-2-10-19-11/h11H,1-10H2,(H,16,17). The maximum absolute atomic E-state index is 12.3. The van der Waals surface area contributed by atoms with E-state index in [1.54, 1.807) is 11.8 Å². The smallest absolute Gasteiger partial charge is 0.304 e. The van der Waals surface area contributed by atoms with Gasteiger partial charge in [-0.15, -0.1) is 11.8 Å². The summed E-state index contributed by atoms with van der Waals surface area (Å²) in [6.07, 6.45) is 3.61. The summed E-state index contributed by atoms with van der Waals surface area (Å²) in [5.41, 5.74) is 0. The summed E-state index contributed by atoms with van der Waals surface area (Å²) in [6.45, 7) is 3.69. The van der Waals surface area contributed by atoms with Gasteiger partial charge in [-0.2, -0.15) is 0 Å². The molecule has 0 bridgehead atoms. The lowest BCUT2D eigenvalue weighted by Crippen LogP contribution is -2.51. The second-order valence-electron chi connectivity index (χ2n) is 5.17. The molecule has 1 unspecified atom stereocenters. The Morgan fingerprint density at radius 1 is 1.16 bits per heavy atom. The van der Waals surface area contributed by atoms with Crippen molar-refractivity contribution in [2.45, 2.75) is 30.9 Å². The van der Waals surface area contributed by atoms with E-state index in [1.165, 1.54) is 12.8 Å². The normalized spacial score (nSPS) is 25.3. The molecule has 1 amide bonds. The lowest BCUT2D eigenvalue weighted by atomic mass is 10.1. The van der Waals surface area contributed by atoms with E-state index >= 15 is 0 Å². The molecule has 6 heteroatoms. The number of carbonyl (C=O) groups excluding carboxylic acids is 1. The number of amides is 1. The maximum Gasteiger partial charge on any atom is 0.304 e. The molecule has 0 aromatic carbocycles. The molecule has 2 saturated heterocycles. The fourth-order valence-electron chi connectivity index (χ4n) is 2.58. The summed E-state index contributed by atoms with van der Waals surface area (Å²) in [6, 6.07) is 0. The molecule has 108 valence electrons. The molecule has 19 heavy (non-hydrogen) atoms. The van der Waals surface area contributed by atoms with Crippen molar-refractivity contribution in [2.75, 3.05) is 38.5 Å². The third kappa shape index (κ3) is 4.38. The number of hydrogen-bond donors (Lipinski definition) is 1. The second kappa shape index (κ2) is 7.14. The van der Waals surface area contributed by atoms with Crippen LogP contribution in [0.5, 0.6) is 0 Å². The molecule has 2 heterocycles. The van der Waals surface area contributed by atoms with Gasteiger partial charge in [0, 0.05) is 32.7 Å². The Hall–Kier alpha value is -0.750. The molecule has 5 nitrogen and oxygen atoms in total. The van der Waals surface area contributed by atoms with Crippen LogP contribution < -0.4 is 0 Å². The first-order valence-corrected chi connectivity index (χ1v) is 8.06. The van der Waals surface area contributed by atoms with Crippen LogP contribution in [-0.2, 0) is 9.59 Å². The molecule has 0 aromatic rings. The van der Waals surface area contributed by atoms with Crippen LogP contribution in [0.3, 0.4) is 0 Å². The van der Waals surface area contributed by atoms with E-state index in [1.807, 2.05) is 4.90 Å². The van der Waals surface area contributed by atoms with Crippen LogP contribution >= 0.6 is 11.8 Å². The lowest BCUT2D eigenvalue weighted by molar-refractivity contribution is -0.138. The molecule has 2 fully saturated rings. The van der Waals surface area contributed by atoms with Crippen LogP contribution in [-0.4, -0.2) is 70.5 Å². The summed E-state index contributed by atoms with van der Waals surface area (Å²) in [5, 5.41) is 8.83. The Balaban J connectivity index is 1.72. The first-order valence-electron chi connectivity index (χ1n) is 7.01. The number of thioether (sulfide) groups is 1. The third-order valence-corrected chi connectivity index (χ3v) is 5.15. The quantitative estimate of drug-likeness (QED) is 0.832. The molecule has 0 saturated carbocycles. The highest BCUT2D eigenvalue weighted by Crippen LogP contribution is 2.26. The number of piperazine rings is 1. The number of carboxylic acid groups (broad SMARTS) is 1. The fourth-order valence-corrected chi connectivity index (χ4v) is 3.87. The van der Waals surface area contributed by atoms with Crippen molar-refractivity contribution in [2.24, 2.45) is 0 Å². The van der Waals surface area contributed by atoms with Gasteiger partial charge in [-0.05, 0) is 18.6 Å². The van der Waals surface area contributed by atoms with Gasteiger partial charge in [-0.3, -0.25) is 14.5 Å². The maximum atomic E-state index is 12.3. The summed E-state index contributed by atoms with van der Waals surface area (Å²) in [7, 11) is 0. The van der Waals surface area contributed by atoms with Crippen molar-refractivity contribution < 1.29 is 14.7 Å². The first kappa shape index (κ1) is 14.7. The van der Waals surface area contributed by atoms with Crippen molar-refractivity contribution in [3.8, 4) is 0 Å². The van der Waals surface area contributed by atoms with Crippen LogP contribution in [0.1, 0.15) is 25.7 Å². The number of carboxylic acids is 1. The molecule has 2 aliphatic rings. The molecular formula is C13H22N2O3S. The largest absolute Gasteiger partial charge is 0.481 e. The van der Waals surface area contributed by atoms with Gasteiger partial charge in [0.1, 0.15) is 0 Å². The van der Waals surface area contributed by atoms with Crippen LogP contribution in [0.15, 0.2) is 0 Å². The van der Waals surface area contributed by atoms with E-state index in [0.717, 1.165) is 38.4 Å². The highest BCUT2D eigenvalue weighted by atomic mass is 32.2. The zero-order valence-electron chi connectivity index (χ0n) is 11.2. The van der Waals surface area contributed by atoms with E-state index in [0.29, 0.717) is 12.5 Å². The number of aliphatic carboxylic acids is 1. The summed E-state index contributed by atoms with van der Waals surface area (Å²) in [4.78, 5) is 26.9. The molecule has 0 spiro atoms. The van der Waals surface area contributed by atoms with Crippen molar-refractivity contribution in [3.63, 3.8) is 0 Å². The van der Waals surface area contributed by atoms with E-state index < -0.39 is 5.97 Å². The van der Waals surface area contributed by atoms with E-state index in [2.05, 4.69) is 4.90 Å². The number of hydrogen-bond acceptors (Lipinski definition) is 4. The van der Waals surface area contributed by atoms with Gasteiger partial charge in [0.25, 0.3) is 0 Å². The zero-order chi connectivity index (χ0) is 13.7. The monoisotopic (exact) mass is 286 g/mol. The fraction of sp³-hybridized carbons (Fsp3) is 0.846. The minimum absolute atomic E-state index is 0.166. The summed E-state index contributed by atoms with van der Waals surface area (Å²) in [5.74, 6) is 0.648. The van der Waals surface area contributed by atoms with E-state index in [4.69, 9.17) is 5.11 Å². The Kier molecular flexibility index (Phi) is 5.51. The molecule has 1 N–H and O–H groups in total. The Morgan fingerprint density at radius 2 is 1.89 bits per heavy atom. The minimum Gasteiger partial charge on any atom is -0.481 e. The molecule has 1 atom stereocenters. The lowest BCUT2D eigenvalue weighted by Gasteiger charge is -2.36. The van der Waals surface area contributed by atoms with Crippen LogP contribution in [0.2, 0.25) is 0 Å².